The van der Waals surface area contributed by atoms with Gasteiger partial charge in [-0.15, -0.1) is 0 Å². The van der Waals surface area contributed by atoms with Gasteiger partial charge in [-0.05, 0) is 6.42 Å². The van der Waals surface area contributed by atoms with E-state index < -0.39 is 14.6 Å². The molecule has 1 rings (SSSR count). The van der Waals surface area contributed by atoms with Gasteiger partial charge in [-0.25, -0.2) is 0 Å². The molecule has 0 radical (unpaired) electrons. The predicted molar refractivity (Wildman–Crippen MR) is 49.1 cm³/mol. The van der Waals surface area contributed by atoms with Gasteiger partial charge in [-0.1, -0.05) is 0 Å². The molecule has 6 nitrogen and oxygen atoms in total. The van der Waals surface area contributed by atoms with Crippen molar-refractivity contribution in [2.24, 2.45) is 0 Å². The number of hydrogen-bond acceptors (Lipinski definition) is 6. The highest BCUT2D eigenvalue weighted by Gasteiger charge is 2.26. The van der Waals surface area contributed by atoms with Crippen molar-refractivity contribution in [2.75, 3.05) is 34.2 Å². The maximum absolute atomic E-state index is 5.12. The molecule has 8 heteroatoms. The summed E-state index contributed by atoms with van der Waals surface area (Å²) in [5.41, 5.74) is 0. The normalized spacial score (nSPS) is 17.1. The van der Waals surface area contributed by atoms with Gasteiger partial charge in [0.2, 0.25) is 0 Å². The van der Waals surface area contributed by atoms with E-state index in [1.54, 1.807) is 0 Å². The Bertz CT molecular complexity index is 138. The Morgan fingerprint density at radius 1 is 1.21 bits per heavy atom. The van der Waals surface area contributed by atoms with Gasteiger partial charge >= 0.3 is 14.6 Å². The van der Waals surface area contributed by atoms with Crippen LogP contribution in [-0.4, -0.2) is 48.9 Å². The SMILES string of the molecule is COB(OC)OCOB1OCCCO1. The Kier molecular flexibility index (Phi) is 6.17. The first-order valence-corrected chi connectivity index (χ1v) is 4.39. The zero-order chi connectivity index (χ0) is 10.2. The molecular weight excluding hydrogens is 190 g/mol. The molecule has 1 saturated heterocycles. The van der Waals surface area contributed by atoms with E-state index in [0.29, 0.717) is 13.2 Å². The quantitative estimate of drug-likeness (QED) is 0.436. The van der Waals surface area contributed by atoms with Crippen LogP contribution in [0, 0.1) is 0 Å². The van der Waals surface area contributed by atoms with Crippen LogP contribution in [0.4, 0.5) is 0 Å². The summed E-state index contributed by atoms with van der Waals surface area (Å²) < 4.78 is 29.9. The molecule has 80 valence electrons. The summed E-state index contributed by atoms with van der Waals surface area (Å²) in [4.78, 5) is 0. The second-order valence-electron chi connectivity index (χ2n) is 2.60. The fourth-order valence-corrected chi connectivity index (χ4v) is 0.945. The molecule has 0 saturated carbocycles. The Balaban J connectivity index is 2.01. The predicted octanol–water partition coefficient (Wildman–Crippen LogP) is -0.323. The first-order valence-electron chi connectivity index (χ1n) is 4.39. The van der Waals surface area contributed by atoms with Crippen LogP contribution < -0.4 is 0 Å². The standard InChI is InChI=1S/C6H14B2O6/c1-9-7(10-2)13-6-14-8-11-4-3-5-12-8/h3-6H2,1-2H3. The molecule has 1 aliphatic heterocycles. The zero-order valence-electron chi connectivity index (χ0n) is 8.43. The second kappa shape index (κ2) is 7.22. The summed E-state index contributed by atoms with van der Waals surface area (Å²) >= 11 is 0. The third kappa shape index (κ3) is 4.41. The van der Waals surface area contributed by atoms with Crippen LogP contribution in [0.25, 0.3) is 0 Å². The summed E-state index contributed by atoms with van der Waals surface area (Å²) in [7, 11) is 1.58. The molecule has 0 unspecified atom stereocenters. The van der Waals surface area contributed by atoms with Crippen molar-refractivity contribution < 1.29 is 27.9 Å². The zero-order valence-corrected chi connectivity index (χ0v) is 8.43. The highest BCUT2D eigenvalue weighted by atomic mass is 16.8. The average molecular weight is 204 g/mol. The lowest BCUT2D eigenvalue weighted by molar-refractivity contribution is -0.0121. The fraction of sp³-hybridized carbons (Fsp3) is 1.00. The third-order valence-corrected chi connectivity index (χ3v) is 1.59. The van der Waals surface area contributed by atoms with E-state index in [4.69, 9.17) is 27.9 Å². The van der Waals surface area contributed by atoms with Crippen LogP contribution in [0.2, 0.25) is 0 Å². The first-order chi connectivity index (χ1) is 6.86. The minimum absolute atomic E-state index is 0.00296. The minimum atomic E-state index is -0.724. The molecule has 0 aromatic heterocycles. The summed E-state index contributed by atoms with van der Waals surface area (Å²) in [6.07, 6.45) is 0.888. The first kappa shape index (κ1) is 12.0. The molecule has 1 aliphatic rings. The van der Waals surface area contributed by atoms with E-state index in [0.717, 1.165) is 6.42 Å². The molecule has 0 aromatic carbocycles. The van der Waals surface area contributed by atoms with Crippen molar-refractivity contribution >= 4 is 14.6 Å². The molecule has 0 aliphatic carbocycles. The maximum atomic E-state index is 5.12. The molecular formula is C6H14B2O6. The number of rotatable bonds is 6. The molecule has 0 atom stereocenters. The molecule has 0 aromatic rings. The van der Waals surface area contributed by atoms with E-state index in [1.807, 2.05) is 0 Å². The molecule has 1 heterocycles. The lowest BCUT2D eigenvalue weighted by Crippen LogP contribution is -2.35. The highest BCUT2D eigenvalue weighted by Crippen LogP contribution is 2.02. The average Bonchev–Trinajstić information content (AvgIpc) is 2.26. The molecule has 0 N–H and O–H groups in total. The van der Waals surface area contributed by atoms with Gasteiger partial charge < -0.3 is 27.9 Å². The Labute approximate surface area is 84.1 Å². The molecule has 0 amide bonds. The lowest BCUT2D eigenvalue weighted by Gasteiger charge is -2.19. The number of hydrogen-bond donors (Lipinski definition) is 0. The molecule has 0 spiro atoms. The van der Waals surface area contributed by atoms with E-state index in [2.05, 4.69) is 0 Å². The van der Waals surface area contributed by atoms with Gasteiger partial charge in [0.05, 0.1) is 0 Å². The summed E-state index contributed by atoms with van der Waals surface area (Å²) in [5, 5.41) is 0. The van der Waals surface area contributed by atoms with Gasteiger partial charge in [0, 0.05) is 27.4 Å². The van der Waals surface area contributed by atoms with Crippen LogP contribution in [0.15, 0.2) is 0 Å². The largest absolute Gasteiger partial charge is 0.641 e. The van der Waals surface area contributed by atoms with Crippen molar-refractivity contribution in [3.05, 3.63) is 0 Å². The summed E-state index contributed by atoms with van der Waals surface area (Å²) in [6, 6.07) is 0. The van der Waals surface area contributed by atoms with Crippen LogP contribution in [0.1, 0.15) is 6.42 Å². The Morgan fingerprint density at radius 3 is 2.43 bits per heavy atom. The van der Waals surface area contributed by atoms with Gasteiger partial charge in [-0.3, -0.25) is 0 Å². The van der Waals surface area contributed by atoms with E-state index in [9.17, 15) is 0 Å². The van der Waals surface area contributed by atoms with Crippen molar-refractivity contribution in [1.82, 2.24) is 0 Å². The van der Waals surface area contributed by atoms with Crippen LogP contribution in [-0.2, 0) is 27.9 Å². The summed E-state index contributed by atoms with van der Waals surface area (Å²) in [5.74, 6) is 0. The van der Waals surface area contributed by atoms with Crippen LogP contribution in [0.3, 0.4) is 0 Å². The van der Waals surface area contributed by atoms with Gasteiger partial charge in [-0.2, -0.15) is 0 Å². The van der Waals surface area contributed by atoms with Gasteiger partial charge in [0.15, 0.2) is 0 Å². The summed E-state index contributed by atoms with van der Waals surface area (Å²) in [6.45, 7) is 1.28. The van der Waals surface area contributed by atoms with Gasteiger partial charge in [0.25, 0.3) is 0 Å². The smallest absolute Gasteiger partial charge is 0.389 e. The molecule has 0 bridgehead atoms. The Hall–Kier alpha value is -0.110. The van der Waals surface area contributed by atoms with E-state index in [-0.39, 0.29) is 6.79 Å². The Morgan fingerprint density at radius 2 is 1.86 bits per heavy atom. The minimum Gasteiger partial charge on any atom is -0.389 e. The van der Waals surface area contributed by atoms with Crippen LogP contribution in [0.5, 0.6) is 0 Å². The van der Waals surface area contributed by atoms with Gasteiger partial charge in [0.1, 0.15) is 6.79 Å². The van der Waals surface area contributed by atoms with Crippen LogP contribution >= 0.6 is 0 Å². The third-order valence-electron chi connectivity index (χ3n) is 1.59. The topological polar surface area (TPSA) is 55.4 Å². The lowest BCUT2D eigenvalue weighted by atomic mass is 10.2. The van der Waals surface area contributed by atoms with E-state index >= 15 is 0 Å². The van der Waals surface area contributed by atoms with Crippen molar-refractivity contribution in [1.29, 1.82) is 0 Å². The second-order valence-corrected chi connectivity index (χ2v) is 2.60. The monoisotopic (exact) mass is 204 g/mol. The van der Waals surface area contributed by atoms with Crippen molar-refractivity contribution in [2.45, 2.75) is 6.42 Å². The fourth-order valence-electron chi connectivity index (χ4n) is 0.945. The van der Waals surface area contributed by atoms with E-state index in [1.165, 1.54) is 14.2 Å². The van der Waals surface area contributed by atoms with Crippen molar-refractivity contribution in [3.8, 4) is 0 Å². The van der Waals surface area contributed by atoms with Crippen molar-refractivity contribution in [3.63, 3.8) is 0 Å². The maximum Gasteiger partial charge on any atom is 0.641 e. The highest BCUT2D eigenvalue weighted by molar-refractivity contribution is 6.37. The molecule has 1 fully saturated rings. The molecule has 14 heavy (non-hydrogen) atoms.